The third-order valence-corrected chi connectivity index (χ3v) is 3.73. The molecule has 0 saturated heterocycles. The monoisotopic (exact) mass is 295 g/mol. The van der Waals surface area contributed by atoms with Crippen molar-refractivity contribution in [2.75, 3.05) is 20.6 Å². The van der Waals surface area contributed by atoms with Gasteiger partial charge in [-0.2, -0.15) is 5.10 Å². The van der Waals surface area contributed by atoms with Crippen LogP contribution in [0.25, 0.3) is 22.0 Å². The summed E-state index contributed by atoms with van der Waals surface area (Å²) in [5.74, 6) is 0.284. The molecule has 22 heavy (non-hydrogen) atoms. The molecule has 1 heterocycles. The molecule has 2 aromatic carbocycles. The van der Waals surface area contributed by atoms with Gasteiger partial charge in [-0.1, -0.05) is 24.3 Å². The van der Waals surface area contributed by atoms with Gasteiger partial charge in [0.05, 0.1) is 5.52 Å². The molecule has 114 valence electrons. The van der Waals surface area contributed by atoms with Crippen LogP contribution in [0.15, 0.2) is 48.7 Å². The van der Waals surface area contributed by atoms with Crippen LogP contribution in [0, 0.1) is 0 Å². The van der Waals surface area contributed by atoms with Crippen LogP contribution in [0.5, 0.6) is 5.75 Å². The second kappa shape index (κ2) is 6.20. The number of fused-ring (bicyclic) bond motifs is 1. The van der Waals surface area contributed by atoms with Crippen LogP contribution in [0.4, 0.5) is 0 Å². The van der Waals surface area contributed by atoms with E-state index in [0.717, 1.165) is 41.5 Å². The molecule has 0 aliphatic heterocycles. The lowest BCUT2D eigenvalue weighted by Gasteiger charge is -2.08. The molecule has 0 aliphatic carbocycles. The van der Waals surface area contributed by atoms with E-state index in [1.807, 2.05) is 16.8 Å². The minimum Gasteiger partial charge on any atom is -0.508 e. The Kier molecular flexibility index (Phi) is 4.11. The third kappa shape index (κ3) is 3.28. The summed E-state index contributed by atoms with van der Waals surface area (Å²) in [7, 11) is 4.17. The first-order valence-corrected chi connectivity index (χ1v) is 7.53. The lowest BCUT2D eigenvalue weighted by atomic mass is 10.0. The molecule has 0 atom stereocenters. The van der Waals surface area contributed by atoms with E-state index in [1.54, 1.807) is 12.1 Å². The lowest BCUT2D eigenvalue weighted by Crippen LogP contribution is -2.15. The maximum absolute atomic E-state index is 9.61. The largest absolute Gasteiger partial charge is 0.508 e. The quantitative estimate of drug-likeness (QED) is 0.784. The smallest absolute Gasteiger partial charge is 0.116 e. The van der Waals surface area contributed by atoms with Crippen LogP contribution < -0.4 is 0 Å². The van der Waals surface area contributed by atoms with Gasteiger partial charge >= 0.3 is 0 Å². The number of phenolic OH excluding ortho intramolecular Hbond substituents is 1. The molecule has 4 nitrogen and oxygen atoms in total. The van der Waals surface area contributed by atoms with Crippen molar-refractivity contribution in [3.63, 3.8) is 0 Å². The Morgan fingerprint density at radius 2 is 1.91 bits per heavy atom. The zero-order valence-corrected chi connectivity index (χ0v) is 13.0. The standard InChI is InChI=1S/C18H21N3O/c1-20(2)9-4-10-21-13-16-8-7-15(12-18(16)19-21)14-5-3-6-17(22)11-14/h3,5-8,11-13,22H,4,9-10H2,1-2H3. The Bertz CT molecular complexity index is 777. The van der Waals surface area contributed by atoms with Crippen molar-refractivity contribution in [1.82, 2.24) is 14.7 Å². The van der Waals surface area contributed by atoms with Crippen molar-refractivity contribution in [1.29, 1.82) is 0 Å². The van der Waals surface area contributed by atoms with Crippen molar-refractivity contribution in [3.05, 3.63) is 48.7 Å². The van der Waals surface area contributed by atoms with Crippen LogP contribution in [-0.4, -0.2) is 40.4 Å². The van der Waals surface area contributed by atoms with Crippen molar-refractivity contribution in [2.24, 2.45) is 0 Å². The summed E-state index contributed by atoms with van der Waals surface area (Å²) in [6.07, 6.45) is 3.18. The Morgan fingerprint density at radius 1 is 1.09 bits per heavy atom. The van der Waals surface area contributed by atoms with Gasteiger partial charge in [-0.3, -0.25) is 4.68 Å². The molecule has 0 aliphatic rings. The van der Waals surface area contributed by atoms with Crippen molar-refractivity contribution < 1.29 is 5.11 Å². The normalized spacial score (nSPS) is 11.4. The predicted octanol–water partition coefficient (Wildman–Crippen LogP) is 3.36. The van der Waals surface area contributed by atoms with Gasteiger partial charge in [-0.25, -0.2) is 0 Å². The fourth-order valence-corrected chi connectivity index (χ4v) is 2.60. The van der Waals surface area contributed by atoms with Gasteiger partial charge in [0.25, 0.3) is 0 Å². The lowest BCUT2D eigenvalue weighted by molar-refractivity contribution is 0.381. The number of nitrogens with zero attached hydrogens (tertiary/aromatic N) is 3. The van der Waals surface area contributed by atoms with E-state index in [1.165, 1.54) is 0 Å². The topological polar surface area (TPSA) is 41.3 Å². The van der Waals surface area contributed by atoms with Gasteiger partial charge in [0.15, 0.2) is 0 Å². The molecule has 0 bridgehead atoms. The number of aromatic nitrogens is 2. The maximum atomic E-state index is 9.61. The zero-order valence-electron chi connectivity index (χ0n) is 13.0. The summed E-state index contributed by atoms with van der Waals surface area (Å²) in [4.78, 5) is 2.18. The molecule has 3 rings (SSSR count). The molecule has 0 radical (unpaired) electrons. The highest BCUT2D eigenvalue weighted by Crippen LogP contribution is 2.26. The summed E-state index contributed by atoms with van der Waals surface area (Å²) >= 11 is 0. The average Bonchev–Trinajstić information content (AvgIpc) is 2.88. The number of aryl methyl sites for hydroxylation is 1. The van der Waals surface area contributed by atoms with E-state index in [9.17, 15) is 5.11 Å². The molecular weight excluding hydrogens is 274 g/mol. The SMILES string of the molecule is CN(C)CCCn1cc2ccc(-c3cccc(O)c3)cc2n1. The first-order valence-electron chi connectivity index (χ1n) is 7.53. The van der Waals surface area contributed by atoms with Gasteiger partial charge in [-0.05, 0) is 56.4 Å². The molecular formula is C18H21N3O. The summed E-state index contributed by atoms with van der Waals surface area (Å²) in [5.41, 5.74) is 3.07. The second-order valence-corrected chi connectivity index (χ2v) is 5.87. The second-order valence-electron chi connectivity index (χ2n) is 5.87. The number of phenols is 1. The fraction of sp³-hybridized carbons (Fsp3) is 0.278. The van der Waals surface area contributed by atoms with Gasteiger partial charge < -0.3 is 10.0 Å². The van der Waals surface area contributed by atoms with Crippen LogP contribution in [0.2, 0.25) is 0 Å². The highest BCUT2D eigenvalue weighted by atomic mass is 16.3. The first kappa shape index (κ1) is 14.6. The molecule has 0 unspecified atom stereocenters. The van der Waals surface area contributed by atoms with Crippen LogP contribution in [0.1, 0.15) is 6.42 Å². The number of rotatable bonds is 5. The third-order valence-electron chi connectivity index (χ3n) is 3.73. The Hall–Kier alpha value is -2.33. The summed E-state index contributed by atoms with van der Waals surface area (Å²) < 4.78 is 2.01. The van der Waals surface area contributed by atoms with E-state index in [4.69, 9.17) is 0 Å². The van der Waals surface area contributed by atoms with Gasteiger partial charge in [0, 0.05) is 18.1 Å². The average molecular weight is 295 g/mol. The Labute approximate surface area is 130 Å². The Balaban J connectivity index is 1.84. The highest BCUT2D eigenvalue weighted by Gasteiger charge is 2.05. The maximum Gasteiger partial charge on any atom is 0.116 e. The van der Waals surface area contributed by atoms with E-state index in [0.29, 0.717) is 0 Å². The molecule has 1 N–H and O–H groups in total. The van der Waals surface area contributed by atoms with Gasteiger partial charge in [0.2, 0.25) is 0 Å². The molecule has 3 aromatic rings. The molecule has 0 fully saturated rings. The number of benzene rings is 2. The summed E-state index contributed by atoms with van der Waals surface area (Å²) in [6.45, 7) is 1.99. The summed E-state index contributed by atoms with van der Waals surface area (Å²) in [6, 6.07) is 13.5. The van der Waals surface area contributed by atoms with Crippen LogP contribution in [0.3, 0.4) is 0 Å². The van der Waals surface area contributed by atoms with Gasteiger partial charge in [0.1, 0.15) is 5.75 Å². The number of hydrogen-bond acceptors (Lipinski definition) is 3. The van der Waals surface area contributed by atoms with Gasteiger partial charge in [-0.15, -0.1) is 0 Å². The van der Waals surface area contributed by atoms with Crippen LogP contribution in [-0.2, 0) is 6.54 Å². The molecule has 4 heteroatoms. The van der Waals surface area contributed by atoms with Crippen molar-refractivity contribution in [3.8, 4) is 16.9 Å². The predicted molar refractivity (Wildman–Crippen MR) is 90.0 cm³/mol. The van der Waals surface area contributed by atoms with E-state index < -0.39 is 0 Å². The molecule has 0 amide bonds. The zero-order chi connectivity index (χ0) is 15.5. The van der Waals surface area contributed by atoms with Crippen LogP contribution >= 0.6 is 0 Å². The van der Waals surface area contributed by atoms with E-state index in [2.05, 4.69) is 48.5 Å². The highest BCUT2D eigenvalue weighted by molar-refractivity contribution is 5.84. The van der Waals surface area contributed by atoms with E-state index in [-0.39, 0.29) is 5.75 Å². The van der Waals surface area contributed by atoms with Crippen molar-refractivity contribution in [2.45, 2.75) is 13.0 Å². The molecule has 0 spiro atoms. The molecule has 0 saturated carbocycles. The van der Waals surface area contributed by atoms with E-state index >= 15 is 0 Å². The number of hydrogen-bond donors (Lipinski definition) is 1. The Morgan fingerprint density at radius 3 is 2.68 bits per heavy atom. The fourth-order valence-electron chi connectivity index (χ4n) is 2.60. The molecule has 1 aromatic heterocycles. The first-order chi connectivity index (χ1) is 10.6. The minimum atomic E-state index is 0.284. The summed E-state index contributed by atoms with van der Waals surface area (Å²) in [5, 5.41) is 15.4. The minimum absolute atomic E-state index is 0.284. The number of aromatic hydroxyl groups is 1. The van der Waals surface area contributed by atoms with Crippen molar-refractivity contribution >= 4 is 10.9 Å².